The van der Waals surface area contributed by atoms with Gasteiger partial charge in [-0.25, -0.2) is 0 Å². The third-order valence-corrected chi connectivity index (χ3v) is 10.5. The summed E-state index contributed by atoms with van der Waals surface area (Å²) >= 11 is 3.46. The van der Waals surface area contributed by atoms with Crippen LogP contribution in [0, 0.1) is 0 Å². The Labute approximate surface area is 340 Å². The molecule has 0 atom stereocenters. The normalized spacial score (nSPS) is 11.2. The maximum Gasteiger partial charge on any atom is 0.0716 e. The maximum absolute atomic E-state index is 10.2. The molecule has 0 radical (unpaired) electrons. The Morgan fingerprint density at radius 1 is 0.352 bits per heavy atom. The SMILES string of the molecule is BrCCCCCCCCCOCc1ccccc1.OC(CCCCCCCCCOCc1ccccc1)CCCCCCCCCOCc1ccccc1. The van der Waals surface area contributed by atoms with Crippen molar-refractivity contribution < 1.29 is 19.3 Å². The smallest absolute Gasteiger partial charge is 0.0716 e. The van der Waals surface area contributed by atoms with Crippen molar-refractivity contribution in [3.8, 4) is 0 Å². The van der Waals surface area contributed by atoms with Crippen molar-refractivity contribution in [1.29, 1.82) is 0 Å². The zero-order chi connectivity index (χ0) is 38.3. The summed E-state index contributed by atoms with van der Waals surface area (Å²) in [5.74, 6) is 0. The molecule has 0 spiro atoms. The first-order valence-electron chi connectivity index (χ1n) is 21.9. The Morgan fingerprint density at radius 3 is 0.907 bits per heavy atom. The van der Waals surface area contributed by atoms with E-state index >= 15 is 0 Å². The number of rotatable bonds is 35. The Morgan fingerprint density at radius 2 is 0.611 bits per heavy atom. The highest BCUT2D eigenvalue weighted by atomic mass is 79.9. The standard InChI is InChI=1S/C33H52O3.C16H25BrO/c34-33(25-17-7-3-1-5-9-19-27-35-29-31-21-13-11-14-22-31)26-18-8-4-2-6-10-20-28-36-30-32-23-15-12-16-24-32;17-13-9-4-2-1-3-5-10-14-18-15-16-11-7-6-8-12-16/h11-16,21-24,33-34H,1-10,17-20,25-30H2;6-8,11-12H,1-5,9-10,13-15H2. The monoisotopic (exact) mass is 809 g/mol. The minimum absolute atomic E-state index is 0.0893. The van der Waals surface area contributed by atoms with E-state index in [1.165, 1.54) is 139 Å². The quantitative estimate of drug-likeness (QED) is 0.0475. The highest BCUT2D eigenvalue weighted by Crippen LogP contribution is 2.15. The Bertz CT molecular complexity index is 1080. The van der Waals surface area contributed by atoms with E-state index in [2.05, 4.69) is 88.7 Å². The molecule has 0 fully saturated rings. The second-order valence-corrected chi connectivity index (χ2v) is 15.8. The molecule has 0 saturated carbocycles. The van der Waals surface area contributed by atoms with Gasteiger partial charge in [-0.3, -0.25) is 0 Å². The number of aliphatic hydroxyl groups is 1. The summed E-state index contributed by atoms with van der Waals surface area (Å²) in [4.78, 5) is 0. The van der Waals surface area contributed by atoms with Crippen LogP contribution >= 0.6 is 15.9 Å². The van der Waals surface area contributed by atoms with E-state index in [-0.39, 0.29) is 6.10 Å². The summed E-state index contributed by atoms with van der Waals surface area (Å²) in [5.41, 5.74) is 3.78. The number of hydrogen-bond donors (Lipinski definition) is 1. The molecular weight excluding hydrogens is 732 g/mol. The van der Waals surface area contributed by atoms with Crippen LogP contribution in [0.15, 0.2) is 91.0 Å². The van der Waals surface area contributed by atoms with Crippen LogP contribution in [0.1, 0.15) is 164 Å². The molecule has 0 aliphatic heterocycles. The number of alkyl halides is 1. The molecule has 3 aromatic carbocycles. The van der Waals surface area contributed by atoms with Crippen LogP contribution in [-0.4, -0.2) is 36.4 Å². The van der Waals surface area contributed by atoms with Gasteiger partial charge in [-0.1, -0.05) is 216 Å². The largest absolute Gasteiger partial charge is 0.393 e. The maximum atomic E-state index is 10.2. The molecule has 304 valence electrons. The van der Waals surface area contributed by atoms with Gasteiger partial charge in [0.2, 0.25) is 0 Å². The number of hydrogen-bond acceptors (Lipinski definition) is 4. The number of aliphatic hydroxyl groups excluding tert-OH is 1. The molecule has 0 heterocycles. The predicted octanol–water partition coefficient (Wildman–Crippen LogP) is 14.4. The van der Waals surface area contributed by atoms with E-state index in [1.807, 2.05) is 18.2 Å². The summed E-state index contributed by atoms with van der Waals surface area (Å²) in [6.07, 6.45) is 28.8. The van der Waals surface area contributed by atoms with Crippen molar-refractivity contribution >= 4 is 15.9 Å². The first-order chi connectivity index (χ1) is 26.8. The van der Waals surface area contributed by atoms with Gasteiger partial charge in [0.05, 0.1) is 25.9 Å². The summed E-state index contributed by atoms with van der Waals surface area (Å²) in [5, 5.41) is 11.4. The fourth-order valence-electron chi connectivity index (χ4n) is 6.56. The van der Waals surface area contributed by atoms with Crippen LogP contribution in [0.5, 0.6) is 0 Å². The zero-order valence-electron chi connectivity index (χ0n) is 34.0. The summed E-state index contributed by atoms with van der Waals surface area (Å²) < 4.78 is 17.2. The lowest BCUT2D eigenvalue weighted by Gasteiger charge is -2.10. The highest BCUT2D eigenvalue weighted by molar-refractivity contribution is 9.09. The van der Waals surface area contributed by atoms with E-state index in [1.54, 1.807) is 0 Å². The molecule has 1 N–H and O–H groups in total. The van der Waals surface area contributed by atoms with Crippen molar-refractivity contribution in [1.82, 2.24) is 0 Å². The Kier molecular flexibility index (Phi) is 33.8. The molecule has 3 aromatic rings. The third kappa shape index (κ3) is 31.2. The average molecular weight is 810 g/mol. The first kappa shape index (κ1) is 48.1. The minimum atomic E-state index is -0.0893. The lowest BCUT2D eigenvalue weighted by molar-refractivity contribution is 0.116. The van der Waals surface area contributed by atoms with Gasteiger partial charge >= 0.3 is 0 Å². The van der Waals surface area contributed by atoms with Gasteiger partial charge in [0, 0.05) is 25.2 Å². The van der Waals surface area contributed by atoms with E-state index < -0.39 is 0 Å². The molecule has 0 bridgehead atoms. The highest BCUT2D eigenvalue weighted by Gasteiger charge is 2.04. The van der Waals surface area contributed by atoms with E-state index in [0.29, 0.717) is 0 Å². The van der Waals surface area contributed by atoms with Gasteiger partial charge in [-0.15, -0.1) is 0 Å². The van der Waals surface area contributed by atoms with Gasteiger partial charge < -0.3 is 19.3 Å². The lowest BCUT2D eigenvalue weighted by atomic mass is 10.0. The number of ether oxygens (including phenoxy) is 3. The molecule has 0 aromatic heterocycles. The van der Waals surface area contributed by atoms with E-state index in [9.17, 15) is 5.11 Å². The van der Waals surface area contributed by atoms with Crippen molar-refractivity contribution in [2.75, 3.05) is 25.2 Å². The minimum Gasteiger partial charge on any atom is -0.393 e. The fourth-order valence-corrected chi connectivity index (χ4v) is 6.95. The van der Waals surface area contributed by atoms with Crippen molar-refractivity contribution in [3.05, 3.63) is 108 Å². The molecule has 3 rings (SSSR count). The van der Waals surface area contributed by atoms with Crippen LogP contribution < -0.4 is 0 Å². The van der Waals surface area contributed by atoms with E-state index in [4.69, 9.17) is 14.2 Å². The number of unbranched alkanes of at least 4 members (excludes halogenated alkanes) is 18. The molecule has 0 unspecified atom stereocenters. The summed E-state index contributed by atoms with van der Waals surface area (Å²) in [7, 11) is 0. The zero-order valence-corrected chi connectivity index (χ0v) is 35.6. The lowest BCUT2D eigenvalue weighted by Crippen LogP contribution is -2.05. The van der Waals surface area contributed by atoms with Crippen molar-refractivity contribution in [2.45, 2.75) is 174 Å². The van der Waals surface area contributed by atoms with E-state index in [0.717, 1.165) is 70.7 Å². The molecule has 0 aliphatic carbocycles. The third-order valence-electron chi connectivity index (χ3n) is 9.91. The molecule has 4 nitrogen and oxygen atoms in total. The van der Waals surface area contributed by atoms with Crippen LogP contribution in [0.3, 0.4) is 0 Å². The first-order valence-corrected chi connectivity index (χ1v) is 23.0. The Balaban J connectivity index is 0.000000469. The van der Waals surface area contributed by atoms with Gasteiger partial charge in [0.1, 0.15) is 0 Å². The molecule has 5 heteroatoms. The molecule has 54 heavy (non-hydrogen) atoms. The second kappa shape index (κ2) is 37.9. The van der Waals surface area contributed by atoms with Crippen molar-refractivity contribution in [3.63, 3.8) is 0 Å². The van der Waals surface area contributed by atoms with Crippen LogP contribution in [0.25, 0.3) is 0 Å². The topological polar surface area (TPSA) is 47.9 Å². The van der Waals surface area contributed by atoms with Gasteiger partial charge in [-0.05, 0) is 55.2 Å². The van der Waals surface area contributed by atoms with Gasteiger partial charge in [0.15, 0.2) is 0 Å². The van der Waals surface area contributed by atoms with Crippen LogP contribution in [0.2, 0.25) is 0 Å². The van der Waals surface area contributed by atoms with Crippen LogP contribution in [0.4, 0.5) is 0 Å². The average Bonchev–Trinajstić information content (AvgIpc) is 3.21. The number of benzene rings is 3. The number of halogens is 1. The molecule has 0 saturated heterocycles. The summed E-state index contributed by atoms with van der Waals surface area (Å²) in [6, 6.07) is 31.2. The van der Waals surface area contributed by atoms with Crippen molar-refractivity contribution in [2.24, 2.45) is 0 Å². The molecule has 0 aliphatic rings. The Hall–Kier alpha value is -2.02. The second-order valence-electron chi connectivity index (χ2n) is 15.0. The van der Waals surface area contributed by atoms with Crippen LogP contribution in [-0.2, 0) is 34.0 Å². The van der Waals surface area contributed by atoms with Gasteiger partial charge in [-0.2, -0.15) is 0 Å². The summed E-state index contributed by atoms with van der Waals surface area (Å²) in [6.45, 7) is 4.85. The molecular formula is C49H77BrO4. The predicted molar refractivity (Wildman–Crippen MR) is 234 cm³/mol. The molecule has 0 amide bonds. The van der Waals surface area contributed by atoms with Gasteiger partial charge in [0.25, 0.3) is 0 Å². The fraction of sp³-hybridized carbons (Fsp3) is 0.633.